The molecule has 25 heavy (non-hydrogen) atoms. The molecule has 0 unspecified atom stereocenters. The Balaban J connectivity index is 1.49. The van der Waals surface area contributed by atoms with Crippen LogP contribution in [-0.4, -0.2) is 70.6 Å². The maximum absolute atomic E-state index is 12.3. The highest BCUT2D eigenvalue weighted by Gasteiger charge is 2.24. The molecule has 1 N–H and O–H groups in total. The lowest BCUT2D eigenvalue weighted by Crippen LogP contribution is -2.42. The molecule has 0 radical (unpaired) electrons. The lowest BCUT2D eigenvalue weighted by molar-refractivity contribution is 0.0786. The molecule has 0 spiro atoms. The third kappa shape index (κ3) is 4.37. The van der Waals surface area contributed by atoms with Crippen molar-refractivity contribution in [3.8, 4) is 0 Å². The highest BCUT2D eigenvalue weighted by molar-refractivity contribution is 5.92. The predicted octanol–water partition coefficient (Wildman–Crippen LogP) is 1.75. The van der Waals surface area contributed by atoms with Gasteiger partial charge in [0.25, 0.3) is 5.91 Å². The number of anilines is 1. The van der Waals surface area contributed by atoms with Crippen LogP contribution in [-0.2, 0) is 4.74 Å². The van der Waals surface area contributed by atoms with Crippen molar-refractivity contribution in [2.45, 2.75) is 38.6 Å². The minimum Gasteiger partial charge on any atom is -0.450 e. The smallest absolute Gasteiger partial charge is 0.409 e. The van der Waals surface area contributed by atoms with Crippen LogP contribution in [0.1, 0.15) is 43.1 Å². The second kappa shape index (κ2) is 8.13. The largest absolute Gasteiger partial charge is 0.450 e. The number of hydrogen-bond donors (Lipinski definition) is 1. The Labute approximate surface area is 147 Å². The number of rotatable bonds is 4. The molecular weight excluding hydrogens is 322 g/mol. The average Bonchev–Trinajstić information content (AvgIpc) is 3.17. The Morgan fingerprint density at radius 2 is 1.84 bits per heavy atom. The van der Waals surface area contributed by atoms with E-state index in [1.165, 1.54) is 6.20 Å². The fourth-order valence-corrected chi connectivity index (χ4v) is 3.23. The molecule has 1 aromatic heterocycles. The maximum atomic E-state index is 12.3. The van der Waals surface area contributed by atoms with E-state index in [9.17, 15) is 9.59 Å². The van der Waals surface area contributed by atoms with Crippen LogP contribution in [0.15, 0.2) is 12.4 Å². The Bertz CT molecular complexity index is 593. The van der Waals surface area contributed by atoms with Crippen molar-refractivity contribution in [2.24, 2.45) is 0 Å². The first-order valence-corrected chi connectivity index (χ1v) is 8.97. The monoisotopic (exact) mass is 347 g/mol. The van der Waals surface area contributed by atoms with Gasteiger partial charge in [0.05, 0.1) is 19.0 Å². The van der Waals surface area contributed by atoms with Gasteiger partial charge in [-0.1, -0.05) is 0 Å². The standard InChI is InChI=1S/C17H25N5O3/c1-2-25-17(24)22-9-5-13(6-10-22)20-15-12-18-14(11-19-15)16(23)21-7-3-4-8-21/h11-13H,2-10H2,1H3,(H,19,20). The zero-order valence-electron chi connectivity index (χ0n) is 14.6. The Morgan fingerprint density at radius 1 is 1.12 bits per heavy atom. The van der Waals surface area contributed by atoms with E-state index in [4.69, 9.17) is 4.74 Å². The normalized spacial score (nSPS) is 18.3. The van der Waals surface area contributed by atoms with Gasteiger partial charge in [0, 0.05) is 32.2 Å². The van der Waals surface area contributed by atoms with Gasteiger partial charge in [-0.3, -0.25) is 4.79 Å². The second-order valence-corrected chi connectivity index (χ2v) is 6.39. The van der Waals surface area contributed by atoms with Crippen LogP contribution in [0.4, 0.5) is 10.6 Å². The summed E-state index contributed by atoms with van der Waals surface area (Å²) in [5.41, 5.74) is 0.393. The van der Waals surface area contributed by atoms with Gasteiger partial charge in [-0.2, -0.15) is 0 Å². The molecule has 0 saturated carbocycles. The summed E-state index contributed by atoms with van der Waals surface area (Å²) in [4.78, 5) is 36.1. The number of likely N-dealkylation sites (tertiary alicyclic amines) is 2. The molecule has 136 valence electrons. The van der Waals surface area contributed by atoms with E-state index in [0.29, 0.717) is 31.2 Å². The Kier molecular flexibility index (Phi) is 5.67. The lowest BCUT2D eigenvalue weighted by atomic mass is 10.1. The molecule has 8 nitrogen and oxygen atoms in total. The van der Waals surface area contributed by atoms with Gasteiger partial charge in [-0.05, 0) is 32.6 Å². The number of nitrogens with one attached hydrogen (secondary N) is 1. The zero-order chi connectivity index (χ0) is 17.6. The molecule has 2 aliphatic rings. The van der Waals surface area contributed by atoms with Crippen molar-refractivity contribution in [1.29, 1.82) is 0 Å². The minimum absolute atomic E-state index is 0.0423. The molecule has 8 heteroatoms. The molecule has 0 atom stereocenters. The molecule has 0 aromatic carbocycles. The molecule has 2 amide bonds. The molecule has 3 rings (SSSR count). The fraction of sp³-hybridized carbons (Fsp3) is 0.647. The quantitative estimate of drug-likeness (QED) is 0.893. The molecule has 1 aromatic rings. The molecule has 2 fully saturated rings. The number of piperidine rings is 1. The highest BCUT2D eigenvalue weighted by Crippen LogP contribution is 2.16. The number of nitrogens with zero attached hydrogens (tertiary/aromatic N) is 4. The van der Waals surface area contributed by atoms with Crippen molar-refractivity contribution in [3.05, 3.63) is 18.1 Å². The van der Waals surface area contributed by atoms with E-state index < -0.39 is 0 Å². The maximum Gasteiger partial charge on any atom is 0.409 e. The van der Waals surface area contributed by atoms with Gasteiger partial charge in [-0.25, -0.2) is 14.8 Å². The fourth-order valence-electron chi connectivity index (χ4n) is 3.23. The SMILES string of the molecule is CCOC(=O)N1CCC(Nc2cnc(C(=O)N3CCCC3)cn2)CC1. The number of aromatic nitrogens is 2. The summed E-state index contributed by atoms with van der Waals surface area (Å²) in [6.45, 7) is 5.14. The van der Waals surface area contributed by atoms with Gasteiger partial charge in [0.15, 0.2) is 0 Å². The number of hydrogen-bond acceptors (Lipinski definition) is 6. The number of carbonyl (C=O) groups excluding carboxylic acids is 2. The van der Waals surface area contributed by atoms with Crippen LogP contribution in [0, 0.1) is 0 Å². The lowest BCUT2D eigenvalue weighted by Gasteiger charge is -2.31. The number of carbonyl (C=O) groups is 2. The molecule has 0 bridgehead atoms. The van der Waals surface area contributed by atoms with E-state index in [-0.39, 0.29) is 18.0 Å². The van der Waals surface area contributed by atoms with Crippen molar-refractivity contribution < 1.29 is 14.3 Å². The number of amides is 2. The van der Waals surface area contributed by atoms with Crippen molar-refractivity contribution in [3.63, 3.8) is 0 Å². The van der Waals surface area contributed by atoms with E-state index in [1.807, 2.05) is 11.8 Å². The van der Waals surface area contributed by atoms with Crippen molar-refractivity contribution in [1.82, 2.24) is 19.8 Å². The number of ether oxygens (including phenoxy) is 1. The van der Waals surface area contributed by atoms with Gasteiger partial charge < -0.3 is 19.9 Å². The molecule has 2 aliphatic heterocycles. The summed E-state index contributed by atoms with van der Waals surface area (Å²) >= 11 is 0. The Hall–Kier alpha value is -2.38. The van der Waals surface area contributed by atoms with Crippen LogP contribution in [0.5, 0.6) is 0 Å². The van der Waals surface area contributed by atoms with Gasteiger partial charge in [-0.15, -0.1) is 0 Å². The van der Waals surface area contributed by atoms with Crippen LogP contribution in [0.3, 0.4) is 0 Å². The molecular formula is C17H25N5O3. The third-order valence-electron chi connectivity index (χ3n) is 4.64. The Morgan fingerprint density at radius 3 is 2.44 bits per heavy atom. The summed E-state index contributed by atoms with van der Waals surface area (Å²) in [7, 11) is 0. The van der Waals surface area contributed by atoms with Crippen LogP contribution in [0.2, 0.25) is 0 Å². The first-order valence-electron chi connectivity index (χ1n) is 8.97. The van der Waals surface area contributed by atoms with E-state index in [0.717, 1.165) is 38.8 Å². The van der Waals surface area contributed by atoms with E-state index >= 15 is 0 Å². The van der Waals surface area contributed by atoms with Crippen molar-refractivity contribution >= 4 is 17.8 Å². The second-order valence-electron chi connectivity index (χ2n) is 6.39. The summed E-state index contributed by atoms with van der Waals surface area (Å²) in [6.07, 6.45) is 6.68. The first-order chi connectivity index (χ1) is 12.2. The van der Waals surface area contributed by atoms with Crippen LogP contribution >= 0.6 is 0 Å². The first kappa shape index (κ1) is 17.4. The van der Waals surface area contributed by atoms with E-state index in [2.05, 4.69) is 15.3 Å². The van der Waals surface area contributed by atoms with Gasteiger partial charge in [0.1, 0.15) is 11.5 Å². The molecule has 0 aliphatic carbocycles. The third-order valence-corrected chi connectivity index (χ3v) is 4.64. The summed E-state index contributed by atoms with van der Waals surface area (Å²) in [6, 6.07) is 0.236. The van der Waals surface area contributed by atoms with Gasteiger partial charge >= 0.3 is 6.09 Å². The molecule has 3 heterocycles. The minimum atomic E-state index is -0.245. The zero-order valence-corrected chi connectivity index (χ0v) is 14.6. The predicted molar refractivity (Wildman–Crippen MR) is 92.4 cm³/mol. The summed E-state index contributed by atoms with van der Waals surface area (Å²) in [5.74, 6) is 0.617. The topological polar surface area (TPSA) is 87.7 Å². The highest BCUT2D eigenvalue weighted by atomic mass is 16.6. The average molecular weight is 347 g/mol. The van der Waals surface area contributed by atoms with Crippen LogP contribution < -0.4 is 5.32 Å². The summed E-state index contributed by atoms with van der Waals surface area (Å²) < 4.78 is 5.02. The van der Waals surface area contributed by atoms with Crippen molar-refractivity contribution in [2.75, 3.05) is 38.1 Å². The summed E-state index contributed by atoms with van der Waals surface area (Å²) in [5, 5.41) is 3.33. The molecule has 2 saturated heterocycles. The van der Waals surface area contributed by atoms with Crippen LogP contribution in [0.25, 0.3) is 0 Å². The van der Waals surface area contributed by atoms with Gasteiger partial charge in [0.2, 0.25) is 0 Å². The van der Waals surface area contributed by atoms with E-state index in [1.54, 1.807) is 11.1 Å².